The summed E-state index contributed by atoms with van der Waals surface area (Å²) < 4.78 is 37.2. The van der Waals surface area contributed by atoms with Crippen molar-refractivity contribution in [3.8, 4) is 0 Å². The fourth-order valence-corrected chi connectivity index (χ4v) is 2.54. The van der Waals surface area contributed by atoms with Crippen molar-refractivity contribution >= 4 is 16.5 Å². The molecule has 1 aromatic rings. The van der Waals surface area contributed by atoms with E-state index in [9.17, 15) is 13.2 Å². The highest BCUT2D eigenvalue weighted by molar-refractivity contribution is 7.15. The molecule has 2 rings (SSSR count). The molecule has 1 unspecified atom stereocenters. The van der Waals surface area contributed by atoms with Gasteiger partial charge in [0.25, 0.3) is 0 Å². The minimum atomic E-state index is -4.40. The van der Waals surface area contributed by atoms with Crippen LogP contribution in [0.25, 0.3) is 0 Å². The van der Waals surface area contributed by atoms with E-state index in [1.807, 2.05) is 0 Å². The van der Waals surface area contributed by atoms with Gasteiger partial charge < -0.3 is 10.2 Å². The zero-order valence-electron chi connectivity index (χ0n) is 9.29. The van der Waals surface area contributed by atoms with Crippen molar-refractivity contribution in [2.24, 2.45) is 0 Å². The summed E-state index contributed by atoms with van der Waals surface area (Å²) in [5.74, 6) is 0. The molecule has 0 spiro atoms. The quantitative estimate of drug-likeness (QED) is 0.885. The minimum Gasteiger partial charge on any atom is -0.345 e. The number of likely N-dealkylation sites (N-methyl/N-ethyl adjacent to an activating group) is 1. The van der Waals surface area contributed by atoms with Crippen molar-refractivity contribution in [3.05, 3.63) is 5.01 Å². The van der Waals surface area contributed by atoms with Crippen LogP contribution < -0.4 is 10.2 Å². The zero-order chi connectivity index (χ0) is 12.5. The third-order valence-corrected chi connectivity index (χ3v) is 3.84. The molecular formula is C9H13F3N4S. The number of hydrogen-bond donors (Lipinski definition) is 1. The second-order valence-corrected chi connectivity index (χ2v) is 4.95. The number of hydrogen-bond acceptors (Lipinski definition) is 5. The molecule has 0 saturated carbocycles. The predicted octanol–water partition coefficient (Wildman–Crippen LogP) is 1.75. The molecule has 1 aromatic heterocycles. The zero-order valence-corrected chi connectivity index (χ0v) is 10.1. The Morgan fingerprint density at radius 3 is 2.71 bits per heavy atom. The van der Waals surface area contributed by atoms with E-state index in [1.54, 1.807) is 11.9 Å². The van der Waals surface area contributed by atoms with Crippen molar-refractivity contribution in [1.29, 1.82) is 0 Å². The number of piperidine rings is 1. The van der Waals surface area contributed by atoms with Gasteiger partial charge >= 0.3 is 6.18 Å². The Labute approximate surface area is 101 Å². The van der Waals surface area contributed by atoms with Gasteiger partial charge in [0.05, 0.1) is 0 Å². The highest BCUT2D eigenvalue weighted by atomic mass is 32.1. The van der Waals surface area contributed by atoms with Gasteiger partial charge in [-0.2, -0.15) is 13.2 Å². The lowest BCUT2D eigenvalue weighted by molar-refractivity contribution is -0.138. The summed E-state index contributed by atoms with van der Waals surface area (Å²) in [5, 5.41) is 9.44. The second kappa shape index (κ2) is 4.77. The first-order valence-corrected chi connectivity index (χ1v) is 6.14. The summed E-state index contributed by atoms with van der Waals surface area (Å²) in [7, 11) is 1.76. The molecule has 1 fully saturated rings. The molecule has 4 nitrogen and oxygen atoms in total. The summed E-state index contributed by atoms with van der Waals surface area (Å²) in [5.41, 5.74) is 0. The van der Waals surface area contributed by atoms with Crippen LogP contribution in [0, 0.1) is 0 Å². The molecule has 2 heterocycles. The number of nitrogens with one attached hydrogen (secondary N) is 1. The van der Waals surface area contributed by atoms with Crippen LogP contribution in [0.15, 0.2) is 0 Å². The van der Waals surface area contributed by atoms with Gasteiger partial charge in [-0.1, -0.05) is 11.3 Å². The van der Waals surface area contributed by atoms with Crippen LogP contribution in [0.5, 0.6) is 0 Å². The summed E-state index contributed by atoms with van der Waals surface area (Å²) in [6.45, 7) is 1.74. The largest absolute Gasteiger partial charge is 0.445 e. The molecule has 1 aliphatic rings. The van der Waals surface area contributed by atoms with Gasteiger partial charge in [-0.15, -0.1) is 10.2 Å². The highest BCUT2D eigenvalue weighted by Crippen LogP contribution is 2.34. The fourth-order valence-electron chi connectivity index (χ4n) is 1.79. The molecule has 1 saturated heterocycles. The van der Waals surface area contributed by atoms with Gasteiger partial charge in [0, 0.05) is 19.6 Å². The maximum atomic E-state index is 12.4. The van der Waals surface area contributed by atoms with Gasteiger partial charge in [-0.3, -0.25) is 0 Å². The van der Waals surface area contributed by atoms with Gasteiger partial charge in [0.1, 0.15) is 0 Å². The van der Waals surface area contributed by atoms with Crippen LogP contribution >= 0.6 is 11.3 Å². The maximum Gasteiger partial charge on any atom is 0.445 e. The topological polar surface area (TPSA) is 41.1 Å². The van der Waals surface area contributed by atoms with E-state index in [2.05, 4.69) is 15.5 Å². The number of aromatic nitrogens is 2. The number of nitrogens with zero attached hydrogens (tertiary/aromatic N) is 3. The first-order valence-electron chi connectivity index (χ1n) is 5.33. The lowest BCUT2D eigenvalue weighted by Gasteiger charge is -2.30. The van der Waals surface area contributed by atoms with Gasteiger partial charge in [-0.25, -0.2) is 0 Å². The average Bonchev–Trinajstić information content (AvgIpc) is 2.78. The molecule has 0 aliphatic carbocycles. The van der Waals surface area contributed by atoms with E-state index in [4.69, 9.17) is 0 Å². The lowest BCUT2D eigenvalue weighted by Crippen LogP contribution is -2.44. The molecule has 1 aliphatic heterocycles. The number of halogens is 3. The Kier molecular flexibility index (Phi) is 3.53. The SMILES string of the molecule is CN(c1nnc(C(F)(F)F)s1)C1CCCNC1. The van der Waals surface area contributed by atoms with Crippen LogP contribution in [0.2, 0.25) is 0 Å². The Hall–Kier alpha value is -0.890. The predicted molar refractivity (Wildman–Crippen MR) is 59.2 cm³/mol. The van der Waals surface area contributed by atoms with Gasteiger partial charge in [0.15, 0.2) is 0 Å². The van der Waals surface area contributed by atoms with Gasteiger partial charge in [-0.05, 0) is 19.4 Å². The van der Waals surface area contributed by atoms with Crippen molar-refractivity contribution in [3.63, 3.8) is 0 Å². The van der Waals surface area contributed by atoms with Crippen LogP contribution in [0.3, 0.4) is 0 Å². The summed E-state index contributed by atoms with van der Waals surface area (Å²) in [6.07, 6.45) is -2.41. The molecule has 8 heteroatoms. The van der Waals surface area contributed by atoms with Crippen molar-refractivity contribution in [2.45, 2.75) is 25.1 Å². The average molecular weight is 266 g/mol. The molecule has 17 heavy (non-hydrogen) atoms. The number of rotatable bonds is 2. The van der Waals surface area contributed by atoms with Crippen LogP contribution in [0.1, 0.15) is 17.8 Å². The highest BCUT2D eigenvalue weighted by Gasteiger charge is 2.36. The van der Waals surface area contributed by atoms with E-state index in [0.717, 1.165) is 25.9 Å². The smallest absolute Gasteiger partial charge is 0.345 e. The monoisotopic (exact) mass is 266 g/mol. The van der Waals surface area contributed by atoms with Gasteiger partial charge in [0.2, 0.25) is 10.1 Å². The first kappa shape index (κ1) is 12.6. The minimum absolute atomic E-state index is 0.192. The van der Waals surface area contributed by atoms with E-state index in [-0.39, 0.29) is 6.04 Å². The van der Waals surface area contributed by atoms with Crippen LogP contribution in [-0.4, -0.2) is 36.4 Å². The van der Waals surface area contributed by atoms with Crippen molar-refractivity contribution in [2.75, 3.05) is 25.0 Å². The normalized spacial score (nSPS) is 21.5. The molecular weight excluding hydrogens is 253 g/mol. The maximum absolute atomic E-state index is 12.4. The van der Waals surface area contributed by atoms with E-state index in [1.165, 1.54) is 0 Å². The molecule has 0 amide bonds. The Morgan fingerprint density at radius 1 is 1.41 bits per heavy atom. The van der Waals surface area contributed by atoms with Crippen LogP contribution in [-0.2, 0) is 6.18 Å². The number of anilines is 1. The summed E-state index contributed by atoms with van der Waals surface area (Å²) in [4.78, 5) is 1.78. The van der Waals surface area contributed by atoms with E-state index < -0.39 is 11.2 Å². The molecule has 0 radical (unpaired) electrons. The number of alkyl halides is 3. The molecule has 96 valence electrons. The first-order chi connectivity index (χ1) is 7.98. The molecule has 1 N–H and O–H groups in total. The molecule has 1 atom stereocenters. The third-order valence-electron chi connectivity index (χ3n) is 2.78. The summed E-state index contributed by atoms with van der Waals surface area (Å²) >= 11 is 0.592. The van der Waals surface area contributed by atoms with Crippen molar-refractivity contribution < 1.29 is 13.2 Å². The van der Waals surface area contributed by atoms with Crippen LogP contribution in [0.4, 0.5) is 18.3 Å². The summed E-state index contributed by atoms with van der Waals surface area (Å²) in [6, 6.07) is 0.192. The van der Waals surface area contributed by atoms with E-state index in [0.29, 0.717) is 16.5 Å². The lowest BCUT2D eigenvalue weighted by atomic mass is 10.1. The standard InChI is InChI=1S/C9H13F3N4S/c1-16(6-3-2-4-13-5-6)8-15-14-7(17-8)9(10,11)12/h6,13H,2-5H2,1H3. The Morgan fingerprint density at radius 2 is 2.18 bits per heavy atom. The van der Waals surface area contributed by atoms with E-state index >= 15 is 0 Å². The fraction of sp³-hybridized carbons (Fsp3) is 0.778. The molecule has 0 bridgehead atoms. The Balaban J connectivity index is 2.08. The third kappa shape index (κ3) is 2.86. The van der Waals surface area contributed by atoms with Crippen molar-refractivity contribution in [1.82, 2.24) is 15.5 Å². The Bertz CT molecular complexity index is 373. The molecule has 0 aromatic carbocycles. The second-order valence-electron chi connectivity index (χ2n) is 4.00.